The number of amides is 1. The maximum atomic E-state index is 12.4. The minimum absolute atomic E-state index is 0.0895. The van der Waals surface area contributed by atoms with E-state index in [0.717, 1.165) is 32.2 Å². The van der Waals surface area contributed by atoms with Gasteiger partial charge in [-0.2, -0.15) is 0 Å². The number of fused-ring (bicyclic) bond motifs is 1. The van der Waals surface area contributed by atoms with Crippen LogP contribution >= 0.6 is 11.3 Å². The predicted octanol–water partition coefficient (Wildman–Crippen LogP) is 3.51. The van der Waals surface area contributed by atoms with Crippen LogP contribution in [-0.4, -0.2) is 27.8 Å². The molecule has 3 aromatic rings. The molecule has 0 saturated carbocycles. The Labute approximate surface area is 139 Å². The third-order valence-corrected chi connectivity index (χ3v) is 4.87. The van der Waals surface area contributed by atoms with Crippen molar-refractivity contribution >= 4 is 28.1 Å². The van der Waals surface area contributed by atoms with E-state index in [1.54, 1.807) is 16.2 Å². The van der Waals surface area contributed by atoms with E-state index in [-0.39, 0.29) is 5.91 Å². The second-order valence-electron chi connectivity index (χ2n) is 5.66. The van der Waals surface area contributed by atoms with E-state index in [4.69, 9.17) is 0 Å². The quantitative estimate of drug-likeness (QED) is 0.737. The summed E-state index contributed by atoms with van der Waals surface area (Å²) in [6.07, 6.45) is 0.404. The number of nitrogens with zero attached hydrogens (tertiary/aromatic N) is 3. The van der Waals surface area contributed by atoms with Gasteiger partial charge in [0.05, 0.1) is 34.9 Å². The lowest BCUT2D eigenvalue weighted by Gasteiger charge is -2.16. The minimum Gasteiger partial charge on any atom is -0.340 e. The van der Waals surface area contributed by atoms with E-state index < -0.39 is 0 Å². The minimum atomic E-state index is 0.0895. The summed E-state index contributed by atoms with van der Waals surface area (Å²) in [7, 11) is 1.82. The highest BCUT2D eigenvalue weighted by atomic mass is 32.1. The molecule has 118 valence electrons. The van der Waals surface area contributed by atoms with Gasteiger partial charge in [0.15, 0.2) is 0 Å². The van der Waals surface area contributed by atoms with Gasteiger partial charge in [-0.1, -0.05) is 24.3 Å². The molecular weight excluding hydrogens is 306 g/mol. The summed E-state index contributed by atoms with van der Waals surface area (Å²) >= 11 is 1.59. The molecule has 0 fully saturated rings. The van der Waals surface area contributed by atoms with Gasteiger partial charge in [-0.15, -0.1) is 11.3 Å². The zero-order valence-corrected chi connectivity index (χ0v) is 14.4. The fourth-order valence-electron chi connectivity index (χ4n) is 2.54. The molecule has 2 aromatic heterocycles. The number of para-hydroxylation sites is 1. The zero-order chi connectivity index (χ0) is 16.4. The molecule has 4 nitrogen and oxygen atoms in total. The van der Waals surface area contributed by atoms with E-state index in [2.05, 4.69) is 9.97 Å². The van der Waals surface area contributed by atoms with Crippen LogP contribution in [0.5, 0.6) is 0 Å². The molecule has 0 aliphatic rings. The van der Waals surface area contributed by atoms with Gasteiger partial charge in [0, 0.05) is 17.3 Å². The number of hydrogen-bond donors (Lipinski definition) is 0. The average Bonchev–Trinajstić information content (AvgIpc) is 2.84. The number of thiazole rings is 1. The number of carbonyl (C=O) groups excluding carboxylic acids is 1. The summed E-state index contributed by atoms with van der Waals surface area (Å²) < 4.78 is 0. The maximum absolute atomic E-state index is 12.4. The van der Waals surface area contributed by atoms with Crippen LogP contribution in [0.4, 0.5) is 0 Å². The molecule has 0 bridgehead atoms. The molecule has 0 unspecified atom stereocenters. The highest BCUT2D eigenvalue weighted by Crippen LogP contribution is 2.19. The number of aryl methyl sites for hydroxylation is 2. The third kappa shape index (κ3) is 3.56. The Morgan fingerprint density at radius 1 is 1.13 bits per heavy atom. The Balaban J connectivity index is 1.70. The van der Waals surface area contributed by atoms with Crippen LogP contribution in [0.3, 0.4) is 0 Å². The molecule has 2 heterocycles. The van der Waals surface area contributed by atoms with Crippen molar-refractivity contribution in [2.75, 3.05) is 7.05 Å². The lowest BCUT2D eigenvalue weighted by Crippen LogP contribution is -2.28. The Bertz CT molecular complexity index is 856. The molecular formula is C18H19N3OS. The lowest BCUT2D eigenvalue weighted by molar-refractivity contribution is -0.129. The number of carbonyl (C=O) groups is 1. The fourth-order valence-corrected chi connectivity index (χ4v) is 3.47. The Morgan fingerprint density at radius 3 is 2.65 bits per heavy atom. The van der Waals surface area contributed by atoms with Gasteiger partial charge in [0.1, 0.15) is 0 Å². The standard InChI is InChI=1S/C18H19N3OS/c1-12-17(23-13(2)19-12)10-18(22)21(3)11-15-9-8-14-6-4-5-7-16(14)20-15/h4-9H,10-11H2,1-3H3. The third-order valence-electron chi connectivity index (χ3n) is 3.79. The van der Waals surface area contributed by atoms with Crippen molar-refractivity contribution in [3.8, 4) is 0 Å². The maximum Gasteiger partial charge on any atom is 0.227 e. The molecule has 5 heteroatoms. The van der Waals surface area contributed by atoms with Crippen LogP contribution in [-0.2, 0) is 17.8 Å². The van der Waals surface area contributed by atoms with Crippen molar-refractivity contribution in [1.82, 2.24) is 14.9 Å². The first-order valence-electron chi connectivity index (χ1n) is 7.54. The van der Waals surface area contributed by atoms with Gasteiger partial charge < -0.3 is 4.90 Å². The molecule has 3 rings (SSSR count). The molecule has 23 heavy (non-hydrogen) atoms. The number of pyridine rings is 1. The van der Waals surface area contributed by atoms with Gasteiger partial charge in [0.2, 0.25) is 5.91 Å². The molecule has 0 atom stereocenters. The van der Waals surface area contributed by atoms with Crippen molar-refractivity contribution in [2.24, 2.45) is 0 Å². The van der Waals surface area contributed by atoms with Gasteiger partial charge in [-0.05, 0) is 26.0 Å². The average molecular weight is 325 g/mol. The Morgan fingerprint density at radius 2 is 1.91 bits per heavy atom. The molecule has 1 amide bonds. The Kier molecular flexibility index (Phi) is 4.39. The monoisotopic (exact) mass is 325 g/mol. The molecule has 0 N–H and O–H groups in total. The van der Waals surface area contributed by atoms with Gasteiger partial charge in [-0.25, -0.2) is 4.98 Å². The molecule has 0 spiro atoms. The first kappa shape index (κ1) is 15.6. The first-order valence-corrected chi connectivity index (χ1v) is 8.36. The number of hydrogen-bond acceptors (Lipinski definition) is 4. The van der Waals surface area contributed by atoms with Gasteiger partial charge in [0.25, 0.3) is 0 Å². The van der Waals surface area contributed by atoms with Crippen LogP contribution < -0.4 is 0 Å². The summed E-state index contributed by atoms with van der Waals surface area (Å²) in [5.41, 5.74) is 2.81. The van der Waals surface area contributed by atoms with Gasteiger partial charge in [-0.3, -0.25) is 9.78 Å². The number of aromatic nitrogens is 2. The SMILES string of the molecule is Cc1nc(C)c(CC(=O)N(C)Cc2ccc3ccccc3n2)s1. The summed E-state index contributed by atoms with van der Waals surface area (Å²) in [6, 6.07) is 12.0. The van der Waals surface area contributed by atoms with Gasteiger partial charge >= 0.3 is 0 Å². The number of rotatable bonds is 4. The first-order chi connectivity index (χ1) is 11.0. The largest absolute Gasteiger partial charge is 0.340 e. The molecule has 0 saturated heterocycles. The smallest absolute Gasteiger partial charge is 0.227 e. The van der Waals surface area contributed by atoms with Crippen LogP contribution in [0.1, 0.15) is 21.3 Å². The normalized spacial score (nSPS) is 10.9. The summed E-state index contributed by atoms with van der Waals surface area (Å²) in [6.45, 7) is 4.44. The van der Waals surface area contributed by atoms with Crippen molar-refractivity contribution in [2.45, 2.75) is 26.8 Å². The van der Waals surface area contributed by atoms with Crippen LogP contribution in [0.15, 0.2) is 36.4 Å². The second kappa shape index (κ2) is 6.46. The van der Waals surface area contributed by atoms with E-state index >= 15 is 0 Å². The fraction of sp³-hybridized carbons (Fsp3) is 0.278. The van der Waals surface area contributed by atoms with Crippen molar-refractivity contribution in [1.29, 1.82) is 0 Å². The highest BCUT2D eigenvalue weighted by molar-refractivity contribution is 7.11. The molecule has 0 aliphatic carbocycles. The van der Waals surface area contributed by atoms with E-state index in [0.29, 0.717) is 13.0 Å². The van der Waals surface area contributed by atoms with Crippen LogP contribution in [0, 0.1) is 13.8 Å². The van der Waals surface area contributed by atoms with E-state index in [1.165, 1.54) is 0 Å². The van der Waals surface area contributed by atoms with Crippen LogP contribution in [0.25, 0.3) is 10.9 Å². The molecule has 0 radical (unpaired) electrons. The second-order valence-corrected chi connectivity index (χ2v) is 6.95. The number of likely N-dealkylation sites (N-methyl/N-ethyl adjacent to an activating group) is 1. The number of benzene rings is 1. The molecule has 1 aromatic carbocycles. The van der Waals surface area contributed by atoms with E-state index in [1.807, 2.05) is 57.3 Å². The summed E-state index contributed by atoms with van der Waals surface area (Å²) in [5, 5.41) is 2.12. The Hall–Kier alpha value is -2.27. The van der Waals surface area contributed by atoms with Crippen molar-refractivity contribution in [3.63, 3.8) is 0 Å². The summed E-state index contributed by atoms with van der Waals surface area (Å²) in [4.78, 5) is 24.2. The molecule has 0 aliphatic heterocycles. The lowest BCUT2D eigenvalue weighted by atomic mass is 10.2. The summed E-state index contributed by atoms with van der Waals surface area (Å²) in [5.74, 6) is 0.0895. The van der Waals surface area contributed by atoms with E-state index in [9.17, 15) is 4.79 Å². The zero-order valence-electron chi connectivity index (χ0n) is 13.5. The predicted molar refractivity (Wildman–Crippen MR) is 93.5 cm³/mol. The van der Waals surface area contributed by atoms with Crippen molar-refractivity contribution in [3.05, 3.63) is 57.7 Å². The van der Waals surface area contributed by atoms with Crippen molar-refractivity contribution < 1.29 is 4.79 Å². The highest BCUT2D eigenvalue weighted by Gasteiger charge is 2.14. The van der Waals surface area contributed by atoms with Crippen LogP contribution in [0.2, 0.25) is 0 Å². The topological polar surface area (TPSA) is 46.1 Å².